The van der Waals surface area contributed by atoms with Crippen LogP contribution in [0.4, 0.5) is 0 Å². The van der Waals surface area contributed by atoms with Crippen LogP contribution in [0.5, 0.6) is 5.75 Å². The Labute approximate surface area is 117 Å². The van der Waals surface area contributed by atoms with Crippen molar-refractivity contribution in [2.24, 2.45) is 0 Å². The zero-order chi connectivity index (χ0) is 13.9. The fourth-order valence-electron chi connectivity index (χ4n) is 1.97. The quantitative estimate of drug-likeness (QED) is 0.656. The molecule has 19 heavy (non-hydrogen) atoms. The first-order chi connectivity index (χ1) is 9.33. The molecule has 0 saturated heterocycles. The maximum Gasteiger partial charge on any atom is 0.124 e. The van der Waals surface area contributed by atoms with Crippen LogP contribution >= 0.6 is 0 Å². The molecule has 0 saturated carbocycles. The molecule has 1 unspecified atom stereocenters. The van der Waals surface area contributed by atoms with Gasteiger partial charge < -0.3 is 14.8 Å². The van der Waals surface area contributed by atoms with Crippen molar-refractivity contribution in [1.29, 1.82) is 0 Å². The van der Waals surface area contributed by atoms with E-state index >= 15 is 0 Å². The monoisotopic (exact) mass is 265 g/mol. The Morgan fingerprint density at radius 3 is 2.63 bits per heavy atom. The van der Waals surface area contributed by atoms with E-state index in [-0.39, 0.29) is 6.10 Å². The Hall–Kier alpha value is -1.06. The van der Waals surface area contributed by atoms with Crippen LogP contribution in [0.25, 0.3) is 0 Å². The number of hydrogen-bond donors (Lipinski definition) is 1. The zero-order valence-electron chi connectivity index (χ0n) is 12.4. The van der Waals surface area contributed by atoms with Gasteiger partial charge in [-0.3, -0.25) is 0 Å². The van der Waals surface area contributed by atoms with Gasteiger partial charge >= 0.3 is 0 Å². The summed E-state index contributed by atoms with van der Waals surface area (Å²) in [5.41, 5.74) is 1.13. The lowest BCUT2D eigenvalue weighted by Gasteiger charge is -2.21. The van der Waals surface area contributed by atoms with E-state index in [2.05, 4.69) is 25.2 Å². The summed E-state index contributed by atoms with van der Waals surface area (Å²) in [6, 6.07) is 8.10. The van der Waals surface area contributed by atoms with E-state index in [4.69, 9.17) is 9.47 Å². The van der Waals surface area contributed by atoms with Gasteiger partial charge in [-0.25, -0.2) is 0 Å². The van der Waals surface area contributed by atoms with Gasteiger partial charge in [0.25, 0.3) is 0 Å². The molecular weight excluding hydrogens is 238 g/mol. The lowest BCUT2D eigenvalue weighted by molar-refractivity contribution is 0.0491. The average molecular weight is 265 g/mol. The Morgan fingerprint density at radius 2 is 1.95 bits per heavy atom. The van der Waals surface area contributed by atoms with Crippen LogP contribution in [0.1, 0.15) is 44.8 Å². The van der Waals surface area contributed by atoms with E-state index in [1.165, 1.54) is 0 Å². The lowest BCUT2D eigenvalue weighted by Crippen LogP contribution is -2.24. The third-order valence-corrected chi connectivity index (χ3v) is 3.06. The van der Waals surface area contributed by atoms with Crippen LogP contribution in [0, 0.1) is 0 Å². The number of unbranched alkanes of at least 4 members (excludes halogenated alkanes) is 1. The predicted molar refractivity (Wildman–Crippen MR) is 79.8 cm³/mol. The number of para-hydroxylation sites is 1. The molecule has 3 nitrogen and oxygen atoms in total. The first-order valence-electron chi connectivity index (χ1n) is 7.28. The first-order valence-corrected chi connectivity index (χ1v) is 7.28. The van der Waals surface area contributed by atoms with Gasteiger partial charge in [-0.15, -0.1) is 0 Å². The molecule has 0 aliphatic rings. The number of ether oxygens (including phenoxy) is 2. The zero-order valence-corrected chi connectivity index (χ0v) is 12.4. The molecule has 1 N–H and O–H groups in total. The summed E-state index contributed by atoms with van der Waals surface area (Å²) in [6.45, 7) is 6.99. The molecule has 0 radical (unpaired) electrons. The average Bonchev–Trinajstić information content (AvgIpc) is 2.46. The molecule has 1 rings (SSSR count). The molecule has 108 valence electrons. The summed E-state index contributed by atoms with van der Waals surface area (Å²) in [6.07, 6.45) is 3.45. The summed E-state index contributed by atoms with van der Waals surface area (Å²) >= 11 is 0. The highest BCUT2D eigenvalue weighted by Gasteiger charge is 2.15. The molecule has 0 aliphatic carbocycles. The number of nitrogens with one attached hydrogen (secondary N) is 1. The van der Waals surface area contributed by atoms with Gasteiger partial charge in [-0.2, -0.15) is 0 Å². The Morgan fingerprint density at radius 1 is 1.16 bits per heavy atom. The Balaban J connectivity index is 2.69. The van der Waals surface area contributed by atoms with Gasteiger partial charge in [-0.1, -0.05) is 38.5 Å². The van der Waals surface area contributed by atoms with Gasteiger partial charge in [0, 0.05) is 18.7 Å². The number of hydrogen-bond acceptors (Lipinski definition) is 3. The second-order valence-electron chi connectivity index (χ2n) is 4.66. The van der Waals surface area contributed by atoms with E-state index < -0.39 is 0 Å². The van der Waals surface area contributed by atoms with Crippen LogP contribution in [0.3, 0.4) is 0 Å². The largest absolute Gasteiger partial charge is 0.496 e. The second-order valence-corrected chi connectivity index (χ2v) is 4.66. The normalized spacial score (nSPS) is 12.4. The summed E-state index contributed by atoms with van der Waals surface area (Å²) in [4.78, 5) is 0. The summed E-state index contributed by atoms with van der Waals surface area (Å²) < 4.78 is 11.4. The van der Waals surface area contributed by atoms with Crippen molar-refractivity contribution >= 4 is 0 Å². The standard InChI is InChI=1S/C16H27NO2/c1-4-6-12-19-16(13-17-11-5-2)14-9-7-8-10-15(14)18-3/h7-10,16-17H,4-6,11-13H2,1-3H3. The minimum atomic E-state index is 0.0641. The van der Waals surface area contributed by atoms with Gasteiger partial charge in [0.2, 0.25) is 0 Å². The molecule has 0 aromatic heterocycles. The maximum atomic E-state index is 6.02. The molecule has 0 amide bonds. The van der Waals surface area contributed by atoms with Gasteiger partial charge in [-0.05, 0) is 25.5 Å². The molecule has 3 heteroatoms. The van der Waals surface area contributed by atoms with Crippen LogP contribution in [-0.4, -0.2) is 26.8 Å². The maximum absolute atomic E-state index is 6.02. The molecule has 0 spiro atoms. The fraction of sp³-hybridized carbons (Fsp3) is 0.625. The number of methoxy groups -OCH3 is 1. The van der Waals surface area contributed by atoms with Crippen molar-refractivity contribution in [2.45, 2.75) is 39.2 Å². The highest BCUT2D eigenvalue weighted by atomic mass is 16.5. The highest BCUT2D eigenvalue weighted by molar-refractivity contribution is 5.35. The van der Waals surface area contributed by atoms with Crippen LogP contribution in [0.2, 0.25) is 0 Å². The van der Waals surface area contributed by atoms with Crippen LogP contribution in [0.15, 0.2) is 24.3 Å². The van der Waals surface area contributed by atoms with Gasteiger partial charge in [0.1, 0.15) is 5.75 Å². The third kappa shape index (κ3) is 5.62. The number of rotatable bonds is 10. The van der Waals surface area contributed by atoms with Crippen molar-refractivity contribution in [3.05, 3.63) is 29.8 Å². The fourth-order valence-corrected chi connectivity index (χ4v) is 1.97. The van der Waals surface area contributed by atoms with Gasteiger partial charge in [0.15, 0.2) is 0 Å². The minimum Gasteiger partial charge on any atom is -0.496 e. The molecule has 0 aliphatic heterocycles. The predicted octanol–water partition coefficient (Wildman–Crippen LogP) is 3.55. The Bertz CT molecular complexity index is 331. The second kappa shape index (κ2) is 9.82. The van der Waals surface area contributed by atoms with Crippen LogP contribution < -0.4 is 10.1 Å². The molecule has 0 fully saturated rings. The molecule has 0 heterocycles. The Kier molecular flexibility index (Phi) is 8.26. The van der Waals surface area contributed by atoms with E-state index in [0.717, 1.165) is 50.3 Å². The van der Waals surface area contributed by atoms with Crippen molar-refractivity contribution in [1.82, 2.24) is 5.32 Å². The SMILES string of the molecule is CCCCOC(CNCCC)c1ccccc1OC. The van der Waals surface area contributed by atoms with E-state index in [0.29, 0.717) is 0 Å². The van der Waals surface area contributed by atoms with Crippen molar-refractivity contribution < 1.29 is 9.47 Å². The van der Waals surface area contributed by atoms with Gasteiger partial charge in [0.05, 0.1) is 13.2 Å². The molecule has 1 aromatic carbocycles. The van der Waals surface area contributed by atoms with Crippen LogP contribution in [-0.2, 0) is 4.74 Å². The third-order valence-electron chi connectivity index (χ3n) is 3.06. The molecule has 0 bridgehead atoms. The topological polar surface area (TPSA) is 30.5 Å². The first kappa shape index (κ1) is 16.0. The lowest BCUT2D eigenvalue weighted by atomic mass is 10.1. The molecule has 1 atom stereocenters. The smallest absolute Gasteiger partial charge is 0.124 e. The van der Waals surface area contributed by atoms with E-state index in [1.807, 2.05) is 18.2 Å². The van der Waals surface area contributed by atoms with Crippen molar-refractivity contribution in [2.75, 3.05) is 26.8 Å². The van der Waals surface area contributed by atoms with Crippen molar-refractivity contribution in [3.8, 4) is 5.75 Å². The van der Waals surface area contributed by atoms with E-state index in [9.17, 15) is 0 Å². The summed E-state index contributed by atoms with van der Waals surface area (Å²) in [5.74, 6) is 0.905. The minimum absolute atomic E-state index is 0.0641. The molecular formula is C16H27NO2. The summed E-state index contributed by atoms with van der Waals surface area (Å²) in [7, 11) is 1.71. The van der Waals surface area contributed by atoms with E-state index in [1.54, 1.807) is 7.11 Å². The molecule has 1 aromatic rings. The van der Waals surface area contributed by atoms with Crippen molar-refractivity contribution in [3.63, 3.8) is 0 Å². The number of benzene rings is 1. The summed E-state index contributed by atoms with van der Waals surface area (Å²) in [5, 5.41) is 3.43. The highest BCUT2D eigenvalue weighted by Crippen LogP contribution is 2.27.